The Morgan fingerprint density at radius 2 is 1.96 bits per heavy atom. The van der Waals surface area contributed by atoms with Crippen molar-refractivity contribution in [3.05, 3.63) is 41.2 Å². The van der Waals surface area contributed by atoms with E-state index in [9.17, 15) is 13.2 Å². The van der Waals surface area contributed by atoms with E-state index >= 15 is 0 Å². The normalized spacial score (nSPS) is 13.2. The molecule has 1 aromatic heterocycles. The third-order valence-corrected chi connectivity index (χ3v) is 5.86. The summed E-state index contributed by atoms with van der Waals surface area (Å²) in [6.45, 7) is 2.98. The average molecular weight is 372 g/mol. The highest BCUT2D eigenvalue weighted by atomic mass is 35.5. The number of sulfonamides is 1. The van der Waals surface area contributed by atoms with E-state index in [0.29, 0.717) is 16.4 Å². The molecule has 1 atom stereocenters. The zero-order chi connectivity index (χ0) is 18.1. The molecular weight excluding hydrogens is 354 g/mol. The van der Waals surface area contributed by atoms with Crippen molar-refractivity contribution >= 4 is 27.6 Å². The number of carbonyl (C=O) groups is 1. The van der Waals surface area contributed by atoms with E-state index in [1.807, 2.05) is 0 Å². The second-order valence-electron chi connectivity index (χ2n) is 5.51. The second kappa shape index (κ2) is 6.92. The third-order valence-electron chi connectivity index (χ3n) is 3.68. The van der Waals surface area contributed by atoms with Crippen LogP contribution in [0.3, 0.4) is 0 Å². The molecule has 0 bridgehead atoms. The number of rotatable bonds is 6. The van der Waals surface area contributed by atoms with E-state index in [0.717, 1.165) is 4.31 Å². The molecule has 24 heavy (non-hydrogen) atoms. The molecule has 0 spiro atoms. The van der Waals surface area contributed by atoms with Crippen molar-refractivity contribution in [1.82, 2.24) is 14.1 Å². The summed E-state index contributed by atoms with van der Waals surface area (Å²) >= 11 is 5.85. The number of halogens is 1. The molecular formula is C15H18ClN3O4S. The van der Waals surface area contributed by atoms with E-state index in [-0.39, 0.29) is 11.4 Å². The van der Waals surface area contributed by atoms with Crippen molar-refractivity contribution in [2.75, 3.05) is 13.6 Å². The molecule has 0 amide bonds. The van der Waals surface area contributed by atoms with Gasteiger partial charge in [-0.15, -0.1) is 0 Å². The lowest BCUT2D eigenvalue weighted by Crippen LogP contribution is -2.34. The highest BCUT2D eigenvalue weighted by Crippen LogP contribution is 2.22. The van der Waals surface area contributed by atoms with Crippen LogP contribution in [-0.2, 0) is 14.8 Å². The van der Waals surface area contributed by atoms with Gasteiger partial charge in [-0.25, -0.2) is 13.1 Å². The van der Waals surface area contributed by atoms with Gasteiger partial charge in [-0.1, -0.05) is 18.5 Å². The van der Waals surface area contributed by atoms with Crippen LogP contribution in [-0.4, -0.2) is 47.2 Å². The summed E-state index contributed by atoms with van der Waals surface area (Å²) in [7, 11) is -2.48. The molecule has 1 heterocycles. The van der Waals surface area contributed by atoms with Crippen molar-refractivity contribution in [3.63, 3.8) is 0 Å². The highest BCUT2D eigenvalue weighted by molar-refractivity contribution is 7.89. The number of aliphatic carboxylic acids is 1. The van der Waals surface area contributed by atoms with Gasteiger partial charge >= 0.3 is 5.97 Å². The summed E-state index contributed by atoms with van der Waals surface area (Å²) in [5, 5.41) is 13.6. The summed E-state index contributed by atoms with van der Waals surface area (Å²) in [6.07, 6.45) is 1.27. The largest absolute Gasteiger partial charge is 0.481 e. The number of carboxylic acids is 1. The highest BCUT2D eigenvalue weighted by Gasteiger charge is 2.28. The Morgan fingerprint density at radius 3 is 2.50 bits per heavy atom. The predicted octanol–water partition coefficient (Wildman–Crippen LogP) is 2.18. The summed E-state index contributed by atoms with van der Waals surface area (Å²) < 4.78 is 27.9. The van der Waals surface area contributed by atoms with Crippen LogP contribution in [0.4, 0.5) is 0 Å². The molecule has 0 aliphatic heterocycles. The third kappa shape index (κ3) is 3.61. The number of nitrogens with zero attached hydrogens (tertiary/aromatic N) is 3. The predicted molar refractivity (Wildman–Crippen MR) is 89.9 cm³/mol. The van der Waals surface area contributed by atoms with Gasteiger partial charge in [0.25, 0.3) is 0 Å². The lowest BCUT2D eigenvalue weighted by atomic mass is 10.2. The Labute approximate surface area is 145 Å². The molecule has 0 fully saturated rings. The van der Waals surface area contributed by atoms with E-state index in [2.05, 4.69) is 5.10 Å². The van der Waals surface area contributed by atoms with Gasteiger partial charge in [0.05, 0.1) is 23.5 Å². The summed E-state index contributed by atoms with van der Waals surface area (Å²) in [5.41, 5.74) is 1.12. The molecule has 0 saturated carbocycles. The molecule has 2 aromatic rings. The Hall–Kier alpha value is -1.90. The van der Waals surface area contributed by atoms with Crippen molar-refractivity contribution in [1.29, 1.82) is 0 Å². The zero-order valence-corrected chi connectivity index (χ0v) is 15.0. The van der Waals surface area contributed by atoms with E-state index < -0.39 is 21.9 Å². The van der Waals surface area contributed by atoms with Crippen LogP contribution in [0.1, 0.15) is 12.6 Å². The monoisotopic (exact) mass is 371 g/mol. The molecule has 130 valence electrons. The van der Waals surface area contributed by atoms with Crippen LogP contribution in [0, 0.1) is 12.8 Å². The number of carboxylic acid groups (broad SMARTS) is 1. The topological polar surface area (TPSA) is 92.5 Å². The molecule has 0 radical (unpaired) electrons. The smallest absolute Gasteiger partial charge is 0.307 e. The first-order chi connectivity index (χ1) is 11.1. The maximum Gasteiger partial charge on any atom is 0.307 e. The first kappa shape index (κ1) is 18.4. The Kier molecular flexibility index (Phi) is 5.32. The fourth-order valence-electron chi connectivity index (χ4n) is 2.22. The standard InChI is InChI=1S/C15H18ClN3O4S/c1-10(15(20)21)9-18(3)24(22,23)14-8-17-19(11(14)2)13-6-4-12(16)5-7-13/h4-8,10H,9H2,1-3H3,(H,20,21). The van der Waals surface area contributed by atoms with Gasteiger partial charge in [0.1, 0.15) is 4.90 Å². The maximum absolute atomic E-state index is 12.7. The van der Waals surface area contributed by atoms with Crippen molar-refractivity contribution in [2.45, 2.75) is 18.7 Å². The van der Waals surface area contributed by atoms with E-state index in [4.69, 9.17) is 16.7 Å². The van der Waals surface area contributed by atoms with Gasteiger partial charge in [0.15, 0.2) is 0 Å². The van der Waals surface area contributed by atoms with E-state index in [1.54, 1.807) is 31.2 Å². The van der Waals surface area contributed by atoms with Gasteiger partial charge < -0.3 is 5.11 Å². The first-order valence-corrected chi connectivity index (χ1v) is 8.96. The van der Waals surface area contributed by atoms with Crippen molar-refractivity contribution < 1.29 is 18.3 Å². The molecule has 0 aliphatic carbocycles. The molecule has 1 unspecified atom stereocenters. The lowest BCUT2D eigenvalue weighted by molar-refractivity contribution is -0.141. The molecule has 0 saturated heterocycles. The summed E-state index contributed by atoms with van der Waals surface area (Å²) in [5.74, 6) is -1.86. The van der Waals surface area contributed by atoms with Gasteiger partial charge in [-0.3, -0.25) is 4.79 Å². The van der Waals surface area contributed by atoms with E-state index in [1.165, 1.54) is 24.9 Å². The lowest BCUT2D eigenvalue weighted by Gasteiger charge is -2.19. The van der Waals surface area contributed by atoms with Crippen LogP contribution in [0.2, 0.25) is 5.02 Å². The number of aromatic nitrogens is 2. The first-order valence-electron chi connectivity index (χ1n) is 7.14. The van der Waals surface area contributed by atoms with Crippen molar-refractivity contribution in [2.24, 2.45) is 5.92 Å². The minimum absolute atomic E-state index is 0.0394. The molecule has 0 aliphatic rings. The molecule has 2 rings (SSSR count). The van der Waals surface area contributed by atoms with Crippen LogP contribution in [0.5, 0.6) is 0 Å². The van der Waals surface area contributed by atoms with Crippen LogP contribution < -0.4 is 0 Å². The van der Waals surface area contributed by atoms with Crippen LogP contribution in [0.15, 0.2) is 35.4 Å². The Balaban J connectivity index is 2.35. The maximum atomic E-state index is 12.7. The van der Waals surface area contributed by atoms with Gasteiger partial charge in [-0.05, 0) is 31.2 Å². The van der Waals surface area contributed by atoms with Crippen LogP contribution in [0.25, 0.3) is 5.69 Å². The Bertz CT molecular complexity index is 846. The fraction of sp³-hybridized carbons (Fsp3) is 0.333. The zero-order valence-electron chi connectivity index (χ0n) is 13.5. The molecule has 1 aromatic carbocycles. The quantitative estimate of drug-likeness (QED) is 0.840. The SMILES string of the molecule is Cc1c(S(=O)(=O)N(C)CC(C)C(=O)O)cnn1-c1ccc(Cl)cc1. The molecule has 9 heteroatoms. The van der Waals surface area contributed by atoms with Crippen molar-refractivity contribution in [3.8, 4) is 5.69 Å². The summed E-state index contributed by atoms with van der Waals surface area (Å²) in [4.78, 5) is 11.0. The van der Waals surface area contributed by atoms with Gasteiger partial charge in [0.2, 0.25) is 10.0 Å². The number of hydrogen-bond donors (Lipinski definition) is 1. The average Bonchev–Trinajstić information content (AvgIpc) is 2.90. The Morgan fingerprint density at radius 1 is 1.38 bits per heavy atom. The van der Waals surface area contributed by atoms with Crippen LogP contribution >= 0.6 is 11.6 Å². The minimum atomic E-state index is -3.83. The summed E-state index contributed by atoms with van der Waals surface area (Å²) in [6, 6.07) is 6.84. The van der Waals surface area contributed by atoms with Gasteiger partial charge in [0, 0.05) is 18.6 Å². The number of hydrogen-bond acceptors (Lipinski definition) is 4. The molecule has 7 nitrogen and oxygen atoms in total. The minimum Gasteiger partial charge on any atom is -0.481 e. The fourth-order valence-corrected chi connectivity index (χ4v) is 3.74. The second-order valence-corrected chi connectivity index (χ2v) is 7.96. The van der Waals surface area contributed by atoms with Gasteiger partial charge in [-0.2, -0.15) is 9.40 Å². The molecule has 1 N–H and O–H groups in total. The number of benzene rings is 1.